The summed E-state index contributed by atoms with van der Waals surface area (Å²) in [5.74, 6) is -0.595. The first-order valence-electron chi connectivity index (χ1n) is 6.36. The van der Waals surface area contributed by atoms with E-state index in [2.05, 4.69) is 10.4 Å². The lowest BCUT2D eigenvalue weighted by Crippen LogP contribution is -2.18. The number of nitrogens with zero attached hydrogens (tertiary/aromatic N) is 2. The van der Waals surface area contributed by atoms with E-state index in [0.29, 0.717) is 28.0 Å². The van der Waals surface area contributed by atoms with Crippen molar-refractivity contribution in [2.24, 2.45) is 0 Å². The van der Waals surface area contributed by atoms with Gasteiger partial charge in [-0.05, 0) is 36.4 Å². The van der Waals surface area contributed by atoms with Crippen molar-refractivity contribution in [3.63, 3.8) is 0 Å². The number of rotatable bonds is 2. The molecule has 0 unspecified atom stereocenters. The zero-order chi connectivity index (χ0) is 15.0. The fraction of sp³-hybridized carbons (Fsp3) is 0.0667. The van der Waals surface area contributed by atoms with E-state index in [9.17, 15) is 9.18 Å². The minimum absolute atomic E-state index is 0.255. The summed E-state index contributed by atoms with van der Waals surface area (Å²) in [6, 6.07) is 9.29. The molecule has 0 fully saturated rings. The smallest absolute Gasteiger partial charge is 0.255 e. The van der Waals surface area contributed by atoms with Crippen LogP contribution < -0.4 is 11.1 Å². The molecule has 0 spiro atoms. The molecule has 0 bridgehead atoms. The van der Waals surface area contributed by atoms with Crippen LogP contribution in [0.5, 0.6) is 0 Å². The van der Waals surface area contributed by atoms with Crippen molar-refractivity contribution < 1.29 is 9.18 Å². The van der Waals surface area contributed by atoms with Crippen LogP contribution in [0.3, 0.4) is 0 Å². The van der Waals surface area contributed by atoms with E-state index in [1.807, 2.05) is 0 Å². The third kappa shape index (κ3) is 2.20. The number of nitrogen functional groups attached to an aromatic ring is 1. The van der Waals surface area contributed by atoms with E-state index in [0.717, 1.165) is 0 Å². The molecule has 3 rings (SSSR count). The van der Waals surface area contributed by atoms with Gasteiger partial charge in [0.15, 0.2) is 0 Å². The first-order valence-corrected chi connectivity index (χ1v) is 6.36. The van der Waals surface area contributed by atoms with E-state index in [4.69, 9.17) is 5.73 Å². The molecule has 106 valence electrons. The van der Waals surface area contributed by atoms with Crippen LogP contribution in [0.15, 0.2) is 42.6 Å². The number of benzene rings is 1. The molecule has 1 amide bonds. The largest absolute Gasteiger partial charge is 0.397 e. The lowest BCUT2D eigenvalue weighted by molar-refractivity contribution is 0.0965. The summed E-state index contributed by atoms with van der Waals surface area (Å²) in [5, 5.41) is 6.99. The van der Waals surface area contributed by atoms with Crippen molar-refractivity contribution in [1.29, 1.82) is 0 Å². The van der Waals surface area contributed by atoms with Crippen LogP contribution in [0.4, 0.5) is 10.1 Å². The minimum atomic E-state index is -0.340. The molecule has 0 saturated heterocycles. The molecule has 0 saturated carbocycles. The van der Waals surface area contributed by atoms with Gasteiger partial charge < -0.3 is 11.1 Å². The lowest BCUT2D eigenvalue weighted by Gasteiger charge is -2.02. The van der Waals surface area contributed by atoms with E-state index >= 15 is 0 Å². The highest BCUT2D eigenvalue weighted by Crippen LogP contribution is 2.27. The Labute approximate surface area is 120 Å². The number of nitrogens with one attached hydrogen (secondary N) is 1. The number of hydrogen-bond donors (Lipinski definition) is 2. The standard InChI is InChI=1S/C15H13FN4O/c1-18-15(21)13-12-7-6-11(17)8-20(12)19-14(13)9-2-4-10(16)5-3-9/h2-8H,17H2,1H3,(H,18,21). The summed E-state index contributed by atoms with van der Waals surface area (Å²) in [6.45, 7) is 0. The van der Waals surface area contributed by atoms with Crippen LogP contribution in [0.25, 0.3) is 16.8 Å². The monoisotopic (exact) mass is 284 g/mol. The molecule has 5 nitrogen and oxygen atoms in total. The summed E-state index contributed by atoms with van der Waals surface area (Å²) >= 11 is 0. The molecule has 21 heavy (non-hydrogen) atoms. The van der Waals surface area contributed by atoms with Gasteiger partial charge >= 0.3 is 0 Å². The number of nitrogens with two attached hydrogens (primary N) is 1. The average molecular weight is 284 g/mol. The molecule has 6 heteroatoms. The maximum absolute atomic E-state index is 13.1. The predicted octanol–water partition coefficient (Wildman–Crippen LogP) is 2.08. The van der Waals surface area contributed by atoms with Gasteiger partial charge in [0.1, 0.15) is 11.5 Å². The molecule has 0 aliphatic carbocycles. The van der Waals surface area contributed by atoms with Crippen molar-refractivity contribution in [2.45, 2.75) is 0 Å². The summed E-state index contributed by atoms with van der Waals surface area (Å²) in [7, 11) is 1.55. The van der Waals surface area contributed by atoms with E-state index in [1.54, 1.807) is 42.0 Å². The van der Waals surface area contributed by atoms with Crippen molar-refractivity contribution >= 4 is 17.1 Å². The van der Waals surface area contributed by atoms with Crippen LogP contribution in [0.2, 0.25) is 0 Å². The Morgan fingerprint density at radius 1 is 1.24 bits per heavy atom. The predicted molar refractivity (Wildman–Crippen MR) is 78.4 cm³/mol. The Kier molecular flexibility index (Phi) is 3.06. The Morgan fingerprint density at radius 2 is 1.95 bits per heavy atom. The number of halogens is 1. The topological polar surface area (TPSA) is 72.4 Å². The molecule has 0 aliphatic rings. The maximum Gasteiger partial charge on any atom is 0.255 e. The number of aromatic nitrogens is 2. The van der Waals surface area contributed by atoms with Crippen LogP contribution in [-0.2, 0) is 0 Å². The van der Waals surface area contributed by atoms with Crippen molar-refractivity contribution in [3.05, 3.63) is 54.0 Å². The molecule has 2 heterocycles. The lowest BCUT2D eigenvalue weighted by atomic mass is 10.1. The van der Waals surface area contributed by atoms with Gasteiger partial charge in [0.05, 0.1) is 23.0 Å². The quantitative estimate of drug-likeness (QED) is 0.756. The molecule has 0 atom stereocenters. The fourth-order valence-corrected chi connectivity index (χ4v) is 2.22. The number of pyridine rings is 1. The molecule has 3 aromatic rings. The number of hydrogen-bond acceptors (Lipinski definition) is 3. The molecule has 0 radical (unpaired) electrons. The summed E-state index contributed by atoms with van der Waals surface area (Å²) in [6.07, 6.45) is 1.63. The first-order chi connectivity index (χ1) is 10.1. The second-order valence-corrected chi connectivity index (χ2v) is 4.60. The molecular weight excluding hydrogens is 271 g/mol. The third-order valence-electron chi connectivity index (χ3n) is 3.22. The SMILES string of the molecule is CNC(=O)c1c(-c2ccc(F)cc2)nn2cc(N)ccc12. The summed E-state index contributed by atoms with van der Waals surface area (Å²) < 4.78 is 14.6. The van der Waals surface area contributed by atoms with Crippen LogP contribution in [-0.4, -0.2) is 22.6 Å². The zero-order valence-electron chi connectivity index (χ0n) is 11.3. The fourth-order valence-electron chi connectivity index (χ4n) is 2.22. The van der Waals surface area contributed by atoms with Gasteiger partial charge in [0.25, 0.3) is 5.91 Å². The number of anilines is 1. The van der Waals surface area contributed by atoms with E-state index in [-0.39, 0.29) is 11.7 Å². The van der Waals surface area contributed by atoms with Crippen molar-refractivity contribution in [2.75, 3.05) is 12.8 Å². The number of carbonyl (C=O) groups is 1. The normalized spacial score (nSPS) is 10.8. The Morgan fingerprint density at radius 3 is 2.62 bits per heavy atom. The highest BCUT2D eigenvalue weighted by atomic mass is 19.1. The van der Waals surface area contributed by atoms with Crippen molar-refractivity contribution in [3.8, 4) is 11.3 Å². The van der Waals surface area contributed by atoms with Gasteiger partial charge in [-0.3, -0.25) is 4.79 Å². The van der Waals surface area contributed by atoms with Gasteiger partial charge in [-0.2, -0.15) is 5.10 Å². The van der Waals surface area contributed by atoms with Gasteiger partial charge in [-0.15, -0.1) is 0 Å². The number of fused-ring (bicyclic) bond motifs is 1. The van der Waals surface area contributed by atoms with E-state index in [1.165, 1.54) is 12.1 Å². The highest BCUT2D eigenvalue weighted by Gasteiger charge is 2.20. The molecule has 0 aliphatic heterocycles. The highest BCUT2D eigenvalue weighted by molar-refractivity contribution is 6.06. The Bertz CT molecular complexity index is 824. The van der Waals surface area contributed by atoms with Crippen LogP contribution >= 0.6 is 0 Å². The zero-order valence-corrected chi connectivity index (χ0v) is 11.3. The second-order valence-electron chi connectivity index (χ2n) is 4.60. The average Bonchev–Trinajstić information content (AvgIpc) is 2.85. The summed E-state index contributed by atoms with van der Waals surface area (Å²) in [4.78, 5) is 12.2. The third-order valence-corrected chi connectivity index (χ3v) is 3.22. The molecule has 2 aromatic heterocycles. The van der Waals surface area contributed by atoms with E-state index < -0.39 is 0 Å². The van der Waals surface area contributed by atoms with Gasteiger partial charge in [0, 0.05) is 12.6 Å². The van der Waals surface area contributed by atoms with Crippen molar-refractivity contribution in [1.82, 2.24) is 14.9 Å². The van der Waals surface area contributed by atoms with Crippen LogP contribution in [0, 0.1) is 5.82 Å². The second kappa shape index (κ2) is 4.90. The van der Waals surface area contributed by atoms with Gasteiger partial charge in [-0.25, -0.2) is 8.91 Å². The first kappa shape index (κ1) is 13.1. The minimum Gasteiger partial charge on any atom is -0.397 e. The number of amides is 1. The van der Waals surface area contributed by atoms with Gasteiger partial charge in [-0.1, -0.05) is 0 Å². The molecule has 3 N–H and O–H groups in total. The van der Waals surface area contributed by atoms with Gasteiger partial charge in [0.2, 0.25) is 0 Å². The molecule has 1 aromatic carbocycles. The van der Waals surface area contributed by atoms with Crippen LogP contribution in [0.1, 0.15) is 10.4 Å². The maximum atomic E-state index is 13.1. The Balaban J connectivity index is 2.30. The Hall–Kier alpha value is -2.89. The molecular formula is C15H13FN4O. The number of carbonyl (C=O) groups excluding carboxylic acids is 1. The summed E-state index contributed by atoms with van der Waals surface area (Å²) in [5.41, 5.74) is 8.51.